The quantitative estimate of drug-likeness (QED) is 0.849. The topological polar surface area (TPSA) is 12.0 Å². The molecule has 1 aliphatic carbocycles. The van der Waals surface area contributed by atoms with E-state index in [1.54, 1.807) is 0 Å². The summed E-state index contributed by atoms with van der Waals surface area (Å²) in [6, 6.07) is 6.07. The second kappa shape index (κ2) is 4.95. The van der Waals surface area contributed by atoms with Gasteiger partial charge in [-0.3, -0.25) is 0 Å². The van der Waals surface area contributed by atoms with Crippen molar-refractivity contribution in [2.45, 2.75) is 26.3 Å². The van der Waals surface area contributed by atoms with Crippen molar-refractivity contribution in [1.82, 2.24) is 5.32 Å². The van der Waals surface area contributed by atoms with Gasteiger partial charge in [-0.15, -0.1) is 0 Å². The molecule has 1 aromatic carbocycles. The molecule has 3 unspecified atom stereocenters. The van der Waals surface area contributed by atoms with Crippen molar-refractivity contribution in [3.63, 3.8) is 0 Å². The molecule has 1 nitrogen and oxygen atoms in total. The van der Waals surface area contributed by atoms with E-state index in [4.69, 9.17) is 23.2 Å². The molecule has 16 heavy (non-hydrogen) atoms. The Labute approximate surface area is 107 Å². The summed E-state index contributed by atoms with van der Waals surface area (Å²) in [5.74, 6) is 1.50. The Morgan fingerprint density at radius 2 is 2.12 bits per heavy atom. The molecule has 0 radical (unpaired) electrons. The second-order valence-electron chi connectivity index (χ2n) is 4.58. The van der Waals surface area contributed by atoms with E-state index in [9.17, 15) is 0 Å². The highest BCUT2D eigenvalue weighted by molar-refractivity contribution is 6.33. The first-order chi connectivity index (χ1) is 7.63. The van der Waals surface area contributed by atoms with Crippen LogP contribution in [0.1, 0.15) is 31.9 Å². The van der Waals surface area contributed by atoms with Crippen LogP contribution in [-0.2, 0) is 0 Å². The van der Waals surface area contributed by atoms with Crippen molar-refractivity contribution in [2.24, 2.45) is 11.8 Å². The minimum atomic E-state index is 0.353. The molecule has 0 aliphatic heterocycles. The zero-order chi connectivity index (χ0) is 11.7. The molecule has 1 aromatic rings. The van der Waals surface area contributed by atoms with Gasteiger partial charge in [0.15, 0.2) is 0 Å². The number of halogens is 2. The fourth-order valence-corrected chi connectivity index (χ4v) is 2.70. The second-order valence-corrected chi connectivity index (χ2v) is 5.42. The Bertz CT molecular complexity index is 378. The van der Waals surface area contributed by atoms with Gasteiger partial charge in [0, 0.05) is 16.1 Å². The molecule has 0 bridgehead atoms. The molecule has 2 rings (SSSR count). The minimum absolute atomic E-state index is 0.353. The molecule has 1 N–H and O–H groups in total. The van der Waals surface area contributed by atoms with Crippen LogP contribution in [0, 0.1) is 11.8 Å². The number of nitrogens with one attached hydrogen (secondary N) is 1. The summed E-state index contributed by atoms with van der Waals surface area (Å²) in [5, 5.41) is 5.09. The molecule has 1 aliphatic rings. The predicted octanol–water partition coefficient (Wildman–Crippen LogP) is 4.30. The fraction of sp³-hybridized carbons (Fsp3) is 0.538. The normalized spacial score (nSPS) is 25.5. The van der Waals surface area contributed by atoms with Crippen LogP contribution in [0.2, 0.25) is 10.0 Å². The largest absolute Gasteiger partial charge is 0.310 e. The van der Waals surface area contributed by atoms with E-state index < -0.39 is 0 Å². The zero-order valence-electron chi connectivity index (χ0n) is 9.63. The summed E-state index contributed by atoms with van der Waals surface area (Å²) in [4.78, 5) is 0. The standard InChI is InChI=1S/C13H17Cl2N/c1-3-16-13(10-6-8(10)2)11-7-9(14)4-5-12(11)15/h4-5,7-8,10,13,16H,3,6H2,1-2H3. The van der Waals surface area contributed by atoms with E-state index in [1.807, 2.05) is 18.2 Å². The van der Waals surface area contributed by atoms with E-state index in [1.165, 1.54) is 6.42 Å². The highest BCUT2D eigenvalue weighted by Gasteiger charge is 2.40. The lowest BCUT2D eigenvalue weighted by Gasteiger charge is -2.20. The van der Waals surface area contributed by atoms with Crippen molar-refractivity contribution in [3.8, 4) is 0 Å². The van der Waals surface area contributed by atoms with Crippen molar-refractivity contribution in [2.75, 3.05) is 6.54 Å². The Morgan fingerprint density at radius 1 is 1.44 bits per heavy atom. The molecule has 88 valence electrons. The smallest absolute Gasteiger partial charge is 0.0454 e. The van der Waals surface area contributed by atoms with Gasteiger partial charge in [-0.05, 0) is 48.6 Å². The van der Waals surface area contributed by atoms with Crippen LogP contribution in [0.5, 0.6) is 0 Å². The number of hydrogen-bond donors (Lipinski definition) is 1. The number of benzene rings is 1. The van der Waals surface area contributed by atoms with Crippen LogP contribution in [0.3, 0.4) is 0 Å². The molecule has 0 spiro atoms. The van der Waals surface area contributed by atoms with E-state index in [2.05, 4.69) is 19.2 Å². The van der Waals surface area contributed by atoms with Crippen LogP contribution in [0.15, 0.2) is 18.2 Å². The third-order valence-corrected chi connectivity index (χ3v) is 3.90. The Kier molecular flexibility index (Phi) is 3.78. The average Bonchev–Trinajstić information content (AvgIpc) is 2.96. The molecular weight excluding hydrogens is 241 g/mol. The molecule has 3 heteroatoms. The van der Waals surface area contributed by atoms with Crippen LogP contribution >= 0.6 is 23.2 Å². The summed E-state index contributed by atoms with van der Waals surface area (Å²) in [5.41, 5.74) is 1.14. The maximum atomic E-state index is 6.25. The molecular formula is C13H17Cl2N. The molecule has 0 heterocycles. The van der Waals surface area contributed by atoms with Crippen LogP contribution < -0.4 is 5.32 Å². The maximum absolute atomic E-state index is 6.25. The third kappa shape index (κ3) is 2.53. The lowest BCUT2D eigenvalue weighted by molar-refractivity contribution is 0.476. The van der Waals surface area contributed by atoms with Crippen molar-refractivity contribution >= 4 is 23.2 Å². The zero-order valence-corrected chi connectivity index (χ0v) is 11.1. The van der Waals surface area contributed by atoms with Crippen molar-refractivity contribution in [3.05, 3.63) is 33.8 Å². The molecule has 0 aromatic heterocycles. The van der Waals surface area contributed by atoms with E-state index >= 15 is 0 Å². The van der Waals surface area contributed by atoms with E-state index in [0.29, 0.717) is 12.0 Å². The summed E-state index contributed by atoms with van der Waals surface area (Å²) in [6.45, 7) is 5.36. The van der Waals surface area contributed by atoms with E-state index in [0.717, 1.165) is 28.1 Å². The van der Waals surface area contributed by atoms with Gasteiger partial charge in [0.25, 0.3) is 0 Å². The number of hydrogen-bond acceptors (Lipinski definition) is 1. The van der Waals surface area contributed by atoms with Gasteiger partial charge < -0.3 is 5.32 Å². The van der Waals surface area contributed by atoms with Gasteiger partial charge in [-0.25, -0.2) is 0 Å². The monoisotopic (exact) mass is 257 g/mol. The summed E-state index contributed by atoms with van der Waals surface area (Å²) >= 11 is 12.3. The highest BCUT2D eigenvalue weighted by Crippen LogP contribution is 2.48. The molecule has 0 amide bonds. The number of rotatable bonds is 4. The van der Waals surface area contributed by atoms with Gasteiger partial charge in [-0.1, -0.05) is 37.0 Å². The Balaban J connectivity index is 2.27. The molecule has 3 atom stereocenters. The van der Waals surface area contributed by atoms with Gasteiger partial charge in [0.2, 0.25) is 0 Å². The first kappa shape index (κ1) is 12.2. The lowest BCUT2D eigenvalue weighted by atomic mass is 10.0. The lowest BCUT2D eigenvalue weighted by Crippen LogP contribution is -2.23. The summed E-state index contributed by atoms with van der Waals surface area (Å²) < 4.78 is 0. The fourth-order valence-electron chi connectivity index (χ4n) is 2.28. The van der Waals surface area contributed by atoms with Gasteiger partial charge in [-0.2, -0.15) is 0 Å². The highest BCUT2D eigenvalue weighted by atomic mass is 35.5. The van der Waals surface area contributed by atoms with E-state index in [-0.39, 0.29) is 0 Å². The van der Waals surface area contributed by atoms with Crippen molar-refractivity contribution in [1.29, 1.82) is 0 Å². The predicted molar refractivity (Wildman–Crippen MR) is 70.2 cm³/mol. The van der Waals surface area contributed by atoms with Crippen LogP contribution in [-0.4, -0.2) is 6.54 Å². The van der Waals surface area contributed by atoms with Crippen LogP contribution in [0.4, 0.5) is 0 Å². The maximum Gasteiger partial charge on any atom is 0.0454 e. The molecule has 1 saturated carbocycles. The first-order valence-corrected chi connectivity index (χ1v) is 6.57. The minimum Gasteiger partial charge on any atom is -0.310 e. The van der Waals surface area contributed by atoms with Crippen LogP contribution in [0.25, 0.3) is 0 Å². The Hall–Kier alpha value is -0.240. The third-order valence-electron chi connectivity index (χ3n) is 3.32. The molecule has 0 saturated heterocycles. The van der Waals surface area contributed by atoms with Gasteiger partial charge in [0.05, 0.1) is 0 Å². The Morgan fingerprint density at radius 3 is 2.69 bits per heavy atom. The average molecular weight is 258 g/mol. The SMILES string of the molecule is CCNC(c1cc(Cl)ccc1Cl)C1CC1C. The van der Waals surface area contributed by atoms with Crippen molar-refractivity contribution < 1.29 is 0 Å². The summed E-state index contributed by atoms with van der Waals surface area (Å²) in [7, 11) is 0. The van der Waals surface area contributed by atoms with Gasteiger partial charge in [0.1, 0.15) is 0 Å². The summed E-state index contributed by atoms with van der Waals surface area (Å²) in [6.07, 6.45) is 1.28. The molecule has 1 fully saturated rings. The van der Waals surface area contributed by atoms with Gasteiger partial charge >= 0.3 is 0 Å². The first-order valence-electron chi connectivity index (χ1n) is 5.81.